The molecule has 0 bridgehead atoms. The van der Waals surface area contributed by atoms with Crippen molar-refractivity contribution < 1.29 is 4.52 Å². The van der Waals surface area contributed by atoms with Crippen molar-refractivity contribution >= 4 is 5.96 Å². The number of benzene rings is 1. The molecule has 5 heteroatoms. The van der Waals surface area contributed by atoms with Gasteiger partial charge in [0, 0.05) is 26.2 Å². The zero-order valence-electron chi connectivity index (χ0n) is 13.5. The van der Waals surface area contributed by atoms with E-state index in [1.165, 1.54) is 11.1 Å². The topological polar surface area (TPSA) is 53.7 Å². The number of aromatic nitrogens is 1. The van der Waals surface area contributed by atoms with Crippen molar-refractivity contribution in [3.63, 3.8) is 0 Å². The van der Waals surface area contributed by atoms with Gasteiger partial charge in [0.25, 0.3) is 0 Å². The molecule has 5 nitrogen and oxygen atoms in total. The molecule has 0 aliphatic rings. The summed E-state index contributed by atoms with van der Waals surface area (Å²) >= 11 is 0. The van der Waals surface area contributed by atoms with Crippen LogP contribution in [0.25, 0.3) is 0 Å². The average Bonchev–Trinajstić information content (AvgIpc) is 3.05. The van der Waals surface area contributed by atoms with Gasteiger partial charge in [0.05, 0.1) is 6.54 Å². The number of hydrogen-bond donors (Lipinski definition) is 1. The summed E-state index contributed by atoms with van der Waals surface area (Å²) < 4.78 is 4.83. The Morgan fingerprint density at radius 3 is 2.50 bits per heavy atom. The first-order chi connectivity index (χ1) is 10.7. The molecule has 0 aliphatic carbocycles. The number of hydrogen-bond acceptors (Lipinski definition) is 3. The normalized spacial score (nSPS) is 11.5. The molecular formula is C17H24N4O. The highest BCUT2D eigenvalue weighted by atomic mass is 16.5. The van der Waals surface area contributed by atoms with Gasteiger partial charge in [-0.05, 0) is 24.5 Å². The average molecular weight is 300 g/mol. The standard InChI is InChI=1S/C17H24N4O/c1-4-14-6-8-15(9-7-14)13-21(3)17(18-5-2)19-12-16-10-11-22-20-16/h6-11H,4-5,12-13H2,1-3H3,(H,18,19). The van der Waals surface area contributed by atoms with Gasteiger partial charge < -0.3 is 14.7 Å². The molecule has 0 saturated carbocycles. The second-order valence-electron chi connectivity index (χ2n) is 5.19. The fourth-order valence-electron chi connectivity index (χ4n) is 2.17. The number of aryl methyl sites for hydroxylation is 1. The molecular weight excluding hydrogens is 276 g/mol. The van der Waals surface area contributed by atoms with E-state index in [4.69, 9.17) is 4.52 Å². The summed E-state index contributed by atoms with van der Waals surface area (Å²) in [5.74, 6) is 0.866. The molecule has 118 valence electrons. The van der Waals surface area contributed by atoms with Crippen molar-refractivity contribution in [1.29, 1.82) is 0 Å². The highest BCUT2D eigenvalue weighted by molar-refractivity contribution is 5.79. The maximum absolute atomic E-state index is 4.83. The molecule has 22 heavy (non-hydrogen) atoms. The van der Waals surface area contributed by atoms with Crippen molar-refractivity contribution in [3.8, 4) is 0 Å². The van der Waals surface area contributed by atoms with Gasteiger partial charge >= 0.3 is 0 Å². The molecule has 2 rings (SSSR count). The first kappa shape index (κ1) is 16.1. The molecule has 1 N–H and O–H groups in total. The third-order valence-corrected chi connectivity index (χ3v) is 3.43. The van der Waals surface area contributed by atoms with E-state index >= 15 is 0 Å². The molecule has 1 heterocycles. The van der Waals surface area contributed by atoms with Crippen molar-refractivity contribution in [2.75, 3.05) is 13.6 Å². The number of aliphatic imine (C=N–C) groups is 1. The van der Waals surface area contributed by atoms with E-state index in [1.54, 1.807) is 6.26 Å². The molecule has 1 aromatic carbocycles. The smallest absolute Gasteiger partial charge is 0.194 e. The summed E-state index contributed by atoms with van der Waals surface area (Å²) in [5.41, 5.74) is 3.46. The molecule has 0 aliphatic heterocycles. The Morgan fingerprint density at radius 1 is 1.18 bits per heavy atom. The molecule has 2 aromatic rings. The Labute approximate surface area is 132 Å². The fourth-order valence-corrected chi connectivity index (χ4v) is 2.17. The zero-order valence-corrected chi connectivity index (χ0v) is 13.5. The number of nitrogens with one attached hydrogen (secondary N) is 1. The first-order valence-electron chi connectivity index (χ1n) is 7.69. The SMILES string of the molecule is CCNC(=NCc1ccon1)N(C)Cc1ccc(CC)cc1. The second-order valence-corrected chi connectivity index (χ2v) is 5.19. The Morgan fingerprint density at radius 2 is 1.91 bits per heavy atom. The van der Waals surface area contributed by atoms with Crippen LogP contribution in [0.3, 0.4) is 0 Å². The van der Waals surface area contributed by atoms with Gasteiger partial charge in [-0.2, -0.15) is 0 Å². The molecule has 0 radical (unpaired) electrons. The Kier molecular flexibility index (Phi) is 6.01. The summed E-state index contributed by atoms with van der Waals surface area (Å²) in [4.78, 5) is 6.71. The quantitative estimate of drug-likeness (QED) is 0.658. The number of guanidine groups is 1. The van der Waals surface area contributed by atoms with Gasteiger partial charge in [-0.25, -0.2) is 4.99 Å². The summed E-state index contributed by atoms with van der Waals surface area (Å²) in [6.07, 6.45) is 2.63. The van der Waals surface area contributed by atoms with Gasteiger partial charge in [0.15, 0.2) is 5.96 Å². The van der Waals surface area contributed by atoms with E-state index in [0.29, 0.717) is 6.54 Å². The van der Waals surface area contributed by atoms with Crippen LogP contribution in [0.1, 0.15) is 30.7 Å². The number of rotatable bonds is 6. The van der Waals surface area contributed by atoms with Crippen molar-refractivity contribution in [3.05, 3.63) is 53.4 Å². The lowest BCUT2D eigenvalue weighted by Crippen LogP contribution is -2.38. The van der Waals surface area contributed by atoms with Crippen LogP contribution < -0.4 is 5.32 Å². The summed E-state index contributed by atoms with van der Waals surface area (Å²) in [5, 5.41) is 7.19. The van der Waals surface area contributed by atoms with E-state index in [0.717, 1.165) is 31.2 Å². The first-order valence-corrected chi connectivity index (χ1v) is 7.69. The molecule has 0 unspecified atom stereocenters. The molecule has 0 amide bonds. The lowest BCUT2D eigenvalue weighted by Gasteiger charge is -2.22. The monoisotopic (exact) mass is 300 g/mol. The number of nitrogens with zero attached hydrogens (tertiary/aromatic N) is 3. The van der Waals surface area contributed by atoms with Crippen LogP contribution in [0.4, 0.5) is 0 Å². The van der Waals surface area contributed by atoms with Crippen LogP contribution in [0, 0.1) is 0 Å². The minimum absolute atomic E-state index is 0.512. The zero-order chi connectivity index (χ0) is 15.8. The molecule has 1 aromatic heterocycles. The van der Waals surface area contributed by atoms with E-state index < -0.39 is 0 Å². The van der Waals surface area contributed by atoms with Crippen LogP contribution in [0.15, 0.2) is 46.1 Å². The Hall–Kier alpha value is -2.30. The molecule has 0 saturated heterocycles. The second kappa shape index (κ2) is 8.22. The van der Waals surface area contributed by atoms with Crippen LogP contribution in [-0.2, 0) is 19.5 Å². The third kappa shape index (κ3) is 4.62. The van der Waals surface area contributed by atoms with E-state index in [-0.39, 0.29) is 0 Å². The predicted octanol–water partition coefficient (Wildman–Crippen LogP) is 2.83. The minimum Gasteiger partial charge on any atom is -0.364 e. The largest absolute Gasteiger partial charge is 0.364 e. The highest BCUT2D eigenvalue weighted by Gasteiger charge is 2.07. The van der Waals surface area contributed by atoms with Crippen molar-refractivity contribution in [1.82, 2.24) is 15.4 Å². The molecule has 0 fully saturated rings. The maximum atomic E-state index is 4.83. The van der Waals surface area contributed by atoms with Gasteiger partial charge in [-0.3, -0.25) is 0 Å². The van der Waals surface area contributed by atoms with E-state index in [9.17, 15) is 0 Å². The van der Waals surface area contributed by atoms with E-state index in [1.807, 2.05) is 13.1 Å². The van der Waals surface area contributed by atoms with Gasteiger partial charge in [0.1, 0.15) is 12.0 Å². The fraction of sp³-hybridized carbons (Fsp3) is 0.412. The van der Waals surface area contributed by atoms with Crippen molar-refractivity contribution in [2.45, 2.75) is 33.4 Å². The van der Waals surface area contributed by atoms with Gasteiger partial charge in [0.2, 0.25) is 0 Å². The van der Waals surface area contributed by atoms with Crippen LogP contribution in [0.5, 0.6) is 0 Å². The van der Waals surface area contributed by atoms with Gasteiger partial charge in [-0.1, -0.05) is 36.3 Å². The lowest BCUT2D eigenvalue weighted by molar-refractivity contribution is 0.411. The van der Waals surface area contributed by atoms with Crippen LogP contribution >= 0.6 is 0 Å². The third-order valence-electron chi connectivity index (χ3n) is 3.43. The molecule has 0 spiro atoms. The Bertz CT molecular complexity index is 575. The van der Waals surface area contributed by atoms with Gasteiger partial charge in [-0.15, -0.1) is 0 Å². The minimum atomic E-state index is 0.512. The van der Waals surface area contributed by atoms with Crippen molar-refractivity contribution in [2.24, 2.45) is 4.99 Å². The predicted molar refractivity (Wildman–Crippen MR) is 88.6 cm³/mol. The maximum Gasteiger partial charge on any atom is 0.194 e. The summed E-state index contributed by atoms with van der Waals surface area (Å²) in [7, 11) is 2.04. The van der Waals surface area contributed by atoms with Crippen LogP contribution in [-0.4, -0.2) is 29.6 Å². The Balaban J connectivity index is 2.01. The molecule has 0 atom stereocenters. The highest BCUT2D eigenvalue weighted by Crippen LogP contribution is 2.08. The lowest BCUT2D eigenvalue weighted by atomic mass is 10.1. The summed E-state index contributed by atoms with van der Waals surface area (Å²) in [6, 6.07) is 10.6. The van der Waals surface area contributed by atoms with Crippen LogP contribution in [0.2, 0.25) is 0 Å². The summed E-state index contributed by atoms with van der Waals surface area (Å²) in [6.45, 7) is 6.39. The van der Waals surface area contributed by atoms with E-state index in [2.05, 4.69) is 58.5 Å².